The van der Waals surface area contributed by atoms with Crippen molar-refractivity contribution in [2.45, 2.75) is 12.8 Å². The molecular formula is C8H17ClN2O2. The molecule has 1 aliphatic rings. The SMILES string of the molecule is CON(C)C(=O)C1CCCNC1.Cl. The molecule has 1 unspecified atom stereocenters. The molecule has 1 heterocycles. The van der Waals surface area contributed by atoms with E-state index in [0.717, 1.165) is 25.9 Å². The Morgan fingerprint density at radius 3 is 2.77 bits per heavy atom. The van der Waals surface area contributed by atoms with Gasteiger partial charge in [0.25, 0.3) is 0 Å². The summed E-state index contributed by atoms with van der Waals surface area (Å²) in [5, 5.41) is 4.49. The van der Waals surface area contributed by atoms with Gasteiger partial charge in [-0.25, -0.2) is 5.06 Å². The molecular weight excluding hydrogens is 192 g/mol. The number of halogens is 1. The lowest BCUT2D eigenvalue weighted by atomic mass is 9.99. The second-order valence-electron chi connectivity index (χ2n) is 3.06. The van der Waals surface area contributed by atoms with E-state index in [4.69, 9.17) is 4.84 Å². The molecule has 1 N–H and O–H groups in total. The van der Waals surface area contributed by atoms with E-state index in [-0.39, 0.29) is 24.2 Å². The van der Waals surface area contributed by atoms with Crippen LogP contribution in [0.1, 0.15) is 12.8 Å². The van der Waals surface area contributed by atoms with E-state index in [1.165, 1.54) is 12.2 Å². The van der Waals surface area contributed by atoms with E-state index in [9.17, 15) is 4.79 Å². The van der Waals surface area contributed by atoms with Gasteiger partial charge in [0.05, 0.1) is 13.0 Å². The fourth-order valence-electron chi connectivity index (χ4n) is 1.41. The molecule has 0 radical (unpaired) electrons. The molecule has 0 aromatic heterocycles. The predicted octanol–water partition coefficient (Wildman–Crippen LogP) is 0.428. The highest BCUT2D eigenvalue weighted by Gasteiger charge is 2.23. The highest BCUT2D eigenvalue weighted by Crippen LogP contribution is 2.12. The molecule has 0 aromatic rings. The van der Waals surface area contributed by atoms with E-state index >= 15 is 0 Å². The first kappa shape index (κ1) is 12.7. The van der Waals surface area contributed by atoms with Crippen molar-refractivity contribution < 1.29 is 9.63 Å². The first-order valence-corrected chi connectivity index (χ1v) is 4.28. The van der Waals surface area contributed by atoms with Crippen LogP contribution in [0, 0.1) is 5.92 Å². The Balaban J connectivity index is 0.00000144. The zero-order chi connectivity index (χ0) is 8.97. The molecule has 13 heavy (non-hydrogen) atoms. The molecule has 1 atom stereocenters. The average Bonchev–Trinajstić information content (AvgIpc) is 2.17. The molecule has 0 aromatic carbocycles. The van der Waals surface area contributed by atoms with Crippen LogP contribution in [0.15, 0.2) is 0 Å². The number of hydrogen-bond acceptors (Lipinski definition) is 3. The van der Waals surface area contributed by atoms with Gasteiger partial charge in [-0.1, -0.05) is 0 Å². The van der Waals surface area contributed by atoms with Crippen LogP contribution < -0.4 is 5.32 Å². The van der Waals surface area contributed by atoms with Crippen LogP contribution in [-0.4, -0.2) is 38.2 Å². The van der Waals surface area contributed by atoms with Gasteiger partial charge in [-0.3, -0.25) is 9.63 Å². The van der Waals surface area contributed by atoms with Crippen molar-refractivity contribution >= 4 is 18.3 Å². The van der Waals surface area contributed by atoms with E-state index < -0.39 is 0 Å². The van der Waals surface area contributed by atoms with E-state index in [0.29, 0.717) is 0 Å². The number of carbonyl (C=O) groups is 1. The number of amides is 1. The van der Waals surface area contributed by atoms with Crippen LogP contribution in [0.3, 0.4) is 0 Å². The maximum Gasteiger partial charge on any atom is 0.250 e. The lowest BCUT2D eigenvalue weighted by molar-refractivity contribution is -0.173. The highest BCUT2D eigenvalue weighted by atomic mass is 35.5. The van der Waals surface area contributed by atoms with Crippen molar-refractivity contribution in [1.82, 2.24) is 10.4 Å². The van der Waals surface area contributed by atoms with Crippen molar-refractivity contribution in [3.8, 4) is 0 Å². The molecule has 0 spiro atoms. The van der Waals surface area contributed by atoms with Crippen LogP contribution in [0.2, 0.25) is 0 Å². The third-order valence-corrected chi connectivity index (χ3v) is 2.23. The van der Waals surface area contributed by atoms with Gasteiger partial charge in [0.1, 0.15) is 0 Å². The number of nitrogens with one attached hydrogen (secondary N) is 1. The van der Waals surface area contributed by atoms with Gasteiger partial charge >= 0.3 is 0 Å². The zero-order valence-corrected chi connectivity index (χ0v) is 8.89. The molecule has 5 heteroatoms. The molecule has 78 valence electrons. The highest BCUT2D eigenvalue weighted by molar-refractivity contribution is 5.85. The molecule has 1 rings (SSSR count). The summed E-state index contributed by atoms with van der Waals surface area (Å²) in [7, 11) is 3.16. The number of piperidine rings is 1. The monoisotopic (exact) mass is 208 g/mol. The Morgan fingerprint density at radius 1 is 1.62 bits per heavy atom. The van der Waals surface area contributed by atoms with E-state index in [1.54, 1.807) is 7.05 Å². The summed E-state index contributed by atoms with van der Waals surface area (Å²) in [5.41, 5.74) is 0. The summed E-state index contributed by atoms with van der Waals surface area (Å²) in [6.07, 6.45) is 2.05. The topological polar surface area (TPSA) is 41.6 Å². The van der Waals surface area contributed by atoms with Crippen LogP contribution in [-0.2, 0) is 9.63 Å². The van der Waals surface area contributed by atoms with Crippen molar-refractivity contribution in [3.05, 3.63) is 0 Å². The normalized spacial score (nSPS) is 21.8. The summed E-state index contributed by atoms with van der Waals surface area (Å²) >= 11 is 0. The fourth-order valence-corrected chi connectivity index (χ4v) is 1.41. The Hall–Kier alpha value is -0.320. The predicted molar refractivity (Wildman–Crippen MR) is 52.6 cm³/mol. The summed E-state index contributed by atoms with van der Waals surface area (Å²) in [4.78, 5) is 16.3. The summed E-state index contributed by atoms with van der Waals surface area (Å²) < 4.78 is 0. The van der Waals surface area contributed by atoms with Crippen molar-refractivity contribution in [2.75, 3.05) is 27.2 Å². The molecule has 1 saturated heterocycles. The molecule has 0 saturated carbocycles. The Bertz CT molecular complexity index is 160. The van der Waals surface area contributed by atoms with Gasteiger partial charge in [0.15, 0.2) is 0 Å². The number of carbonyl (C=O) groups excluding carboxylic acids is 1. The van der Waals surface area contributed by atoms with Gasteiger partial charge < -0.3 is 5.32 Å². The van der Waals surface area contributed by atoms with Crippen LogP contribution >= 0.6 is 12.4 Å². The molecule has 1 aliphatic heterocycles. The van der Waals surface area contributed by atoms with Gasteiger partial charge in [0.2, 0.25) is 5.91 Å². The average molecular weight is 209 g/mol. The molecule has 0 bridgehead atoms. The van der Waals surface area contributed by atoms with Gasteiger partial charge in [-0.05, 0) is 19.4 Å². The minimum absolute atomic E-state index is 0. The molecule has 0 aliphatic carbocycles. The second kappa shape index (κ2) is 6.18. The molecule has 1 fully saturated rings. The largest absolute Gasteiger partial charge is 0.316 e. The van der Waals surface area contributed by atoms with Crippen molar-refractivity contribution in [3.63, 3.8) is 0 Å². The minimum atomic E-state index is 0. The number of hydrogen-bond donors (Lipinski definition) is 1. The van der Waals surface area contributed by atoms with Crippen LogP contribution in [0.4, 0.5) is 0 Å². The maximum absolute atomic E-state index is 11.5. The zero-order valence-electron chi connectivity index (χ0n) is 8.08. The summed E-state index contributed by atoms with van der Waals surface area (Å²) in [6, 6.07) is 0. The Morgan fingerprint density at radius 2 is 2.31 bits per heavy atom. The standard InChI is InChI=1S/C8H16N2O2.ClH/c1-10(12-2)8(11)7-4-3-5-9-6-7;/h7,9H,3-6H2,1-2H3;1H. The quantitative estimate of drug-likeness (QED) is 0.670. The number of hydroxylamine groups is 2. The first-order chi connectivity index (χ1) is 5.75. The summed E-state index contributed by atoms with van der Waals surface area (Å²) in [6.45, 7) is 1.81. The van der Waals surface area contributed by atoms with Crippen LogP contribution in [0.5, 0.6) is 0 Å². The second-order valence-corrected chi connectivity index (χ2v) is 3.06. The third kappa shape index (κ3) is 3.50. The Kier molecular flexibility index (Phi) is 6.03. The first-order valence-electron chi connectivity index (χ1n) is 4.28. The Labute approximate surface area is 85.0 Å². The van der Waals surface area contributed by atoms with Gasteiger partial charge in [-0.2, -0.15) is 0 Å². The van der Waals surface area contributed by atoms with Crippen LogP contribution in [0.25, 0.3) is 0 Å². The molecule has 4 nitrogen and oxygen atoms in total. The maximum atomic E-state index is 11.5. The van der Waals surface area contributed by atoms with Crippen molar-refractivity contribution in [2.24, 2.45) is 5.92 Å². The van der Waals surface area contributed by atoms with E-state index in [2.05, 4.69) is 5.32 Å². The van der Waals surface area contributed by atoms with Gasteiger partial charge in [-0.15, -0.1) is 12.4 Å². The number of nitrogens with zero attached hydrogens (tertiary/aromatic N) is 1. The summed E-state index contributed by atoms with van der Waals surface area (Å²) in [5.74, 6) is 0.174. The third-order valence-electron chi connectivity index (χ3n) is 2.23. The minimum Gasteiger partial charge on any atom is -0.316 e. The van der Waals surface area contributed by atoms with E-state index in [1.807, 2.05) is 0 Å². The van der Waals surface area contributed by atoms with Crippen molar-refractivity contribution in [1.29, 1.82) is 0 Å². The molecule has 1 amide bonds. The fraction of sp³-hybridized carbons (Fsp3) is 0.875. The smallest absolute Gasteiger partial charge is 0.250 e. The lowest BCUT2D eigenvalue weighted by Gasteiger charge is -2.25. The van der Waals surface area contributed by atoms with Gasteiger partial charge in [0, 0.05) is 13.6 Å². The number of rotatable bonds is 2. The lowest BCUT2D eigenvalue weighted by Crippen LogP contribution is -2.40.